The zero-order valence-electron chi connectivity index (χ0n) is 17.9. The number of sulfonamides is 1. The maximum atomic E-state index is 13.0. The van der Waals surface area contributed by atoms with Gasteiger partial charge in [-0.25, -0.2) is 8.42 Å². The largest absolute Gasteiger partial charge is 0.352 e. The van der Waals surface area contributed by atoms with Gasteiger partial charge in [-0.2, -0.15) is 9.29 Å². The number of hydrogen-bond donors (Lipinski definition) is 1. The molecule has 2 aromatic carbocycles. The Balaban J connectivity index is 1.34. The minimum atomic E-state index is -3.63. The minimum absolute atomic E-state index is 0.0261. The van der Waals surface area contributed by atoms with Crippen LogP contribution in [0.2, 0.25) is 0 Å². The number of carbonyl (C=O) groups excluding carboxylic acids is 1. The maximum absolute atomic E-state index is 13.0. The van der Waals surface area contributed by atoms with E-state index < -0.39 is 10.0 Å². The van der Waals surface area contributed by atoms with E-state index in [1.807, 2.05) is 37.3 Å². The van der Waals surface area contributed by atoms with E-state index in [0.717, 1.165) is 5.56 Å². The monoisotopic (exact) mass is 454 g/mol. The molecule has 1 amide bonds. The first-order chi connectivity index (χ1) is 15.5. The van der Waals surface area contributed by atoms with Crippen LogP contribution < -0.4 is 5.32 Å². The molecule has 1 aromatic heterocycles. The van der Waals surface area contributed by atoms with Crippen molar-refractivity contribution in [2.45, 2.75) is 37.6 Å². The molecule has 0 atom stereocenters. The summed E-state index contributed by atoms with van der Waals surface area (Å²) in [5.74, 6) is 0.765. The van der Waals surface area contributed by atoms with Crippen molar-refractivity contribution in [3.05, 3.63) is 66.1 Å². The molecule has 0 saturated carbocycles. The molecular formula is C23H26N4O4S. The normalized spacial score (nSPS) is 15.5. The zero-order valence-corrected chi connectivity index (χ0v) is 18.7. The van der Waals surface area contributed by atoms with Crippen LogP contribution >= 0.6 is 0 Å². The summed E-state index contributed by atoms with van der Waals surface area (Å²) in [5.41, 5.74) is 1.73. The Morgan fingerprint density at radius 2 is 1.78 bits per heavy atom. The lowest BCUT2D eigenvalue weighted by Crippen LogP contribution is -2.42. The number of nitrogens with zero attached hydrogens (tertiary/aromatic N) is 3. The Hall–Kier alpha value is -3.04. The van der Waals surface area contributed by atoms with Crippen molar-refractivity contribution in [3.8, 4) is 11.4 Å². The lowest BCUT2D eigenvalue weighted by atomic mass is 9.97. The molecule has 8 nitrogen and oxygen atoms in total. The molecule has 0 unspecified atom stereocenters. The number of carbonyl (C=O) groups is 1. The Kier molecular flexibility index (Phi) is 6.66. The third-order valence-corrected chi connectivity index (χ3v) is 7.57. The summed E-state index contributed by atoms with van der Waals surface area (Å²) in [6.07, 6.45) is 1.64. The predicted molar refractivity (Wildman–Crippen MR) is 119 cm³/mol. The van der Waals surface area contributed by atoms with Crippen LogP contribution in [0.25, 0.3) is 11.4 Å². The van der Waals surface area contributed by atoms with Crippen molar-refractivity contribution in [3.63, 3.8) is 0 Å². The van der Waals surface area contributed by atoms with Crippen molar-refractivity contribution in [2.75, 3.05) is 13.1 Å². The standard InChI is InChI=1S/C23H26N4O4S/c1-2-21-25-22(26-31-21)18-8-10-20(11-9-18)32(29,30)27-14-12-19(13-15-27)23(28)24-16-17-6-4-3-5-7-17/h3-11,19H,2,12-16H2,1H3,(H,24,28). The first kappa shape index (κ1) is 22.2. The van der Waals surface area contributed by atoms with Gasteiger partial charge in [-0.3, -0.25) is 4.79 Å². The Morgan fingerprint density at radius 3 is 2.41 bits per heavy atom. The highest BCUT2D eigenvalue weighted by Gasteiger charge is 2.32. The van der Waals surface area contributed by atoms with Crippen molar-refractivity contribution in [1.29, 1.82) is 0 Å². The van der Waals surface area contributed by atoms with E-state index in [0.29, 0.717) is 56.2 Å². The molecule has 32 heavy (non-hydrogen) atoms. The van der Waals surface area contributed by atoms with Crippen LogP contribution in [-0.2, 0) is 27.8 Å². The van der Waals surface area contributed by atoms with Crippen LogP contribution in [0.15, 0.2) is 64.0 Å². The lowest BCUT2D eigenvalue weighted by molar-refractivity contribution is -0.126. The van der Waals surface area contributed by atoms with Crippen molar-refractivity contribution in [2.24, 2.45) is 5.92 Å². The quantitative estimate of drug-likeness (QED) is 0.588. The molecule has 0 bridgehead atoms. The average Bonchev–Trinajstić information content (AvgIpc) is 3.33. The Labute approximate surface area is 187 Å². The van der Waals surface area contributed by atoms with Crippen LogP contribution in [-0.4, -0.2) is 41.9 Å². The molecule has 1 saturated heterocycles. The molecule has 1 N–H and O–H groups in total. The van der Waals surface area contributed by atoms with Gasteiger partial charge < -0.3 is 9.84 Å². The summed E-state index contributed by atoms with van der Waals surface area (Å²) in [4.78, 5) is 17.0. The van der Waals surface area contributed by atoms with Crippen molar-refractivity contribution in [1.82, 2.24) is 19.8 Å². The number of nitrogens with one attached hydrogen (secondary N) is 1. The molecule has 1 aliphatic rings. The van der Waals surface area contributed by atoms with Gasteiger partial charge in [0.05, 0.1) is 4.90 Å². The molecule has 2 heterocycles. The summed E-state index contributed by atoms with van der Waals surface area (Å²) in [7, 11) is -3.63. The van der Waals surface area contributed by atoms with Gasteiger partial charge in [-0.1, -0.05) is 42.4 Å². The van der Waals surface area contributed by atoms with Crippen molar-refractivity contribution >= 4 is 15.9 Å². The number of benzene rings is 2. The first-order valence-corrected chi connectivity index (χ1v) is 12.2. The molecule has 0 spiro atoms. The van der Waals surface area contributed by atoms with Crippen LogP contribution in [0, 0.1) is 5.92 Å². The van der Waals surface area contributed by atoms with Gasteiger partial charge >= 0.3 is 0 Å². The molecule has 3 aromatic rings. The van der Waals surface area contributed by atoms with E-state index in [2.05, 4.69) is 15.5 Å². The lowest BCUT2D eigenvalue weighted by Gasteiger charge is -2.30. The highest BCUT2D eigenvalue weighted by molar-refractivity contribution is 7.89. The van der Waals surface area contributed by atoms with Crippen LogP contribution in [0.1, 0.15) is 31.2 Å². The number of piperidine rings is 1. The summed E-state index contributed by atoms with van der Waals surface area (Å²) >= 11 is 0. The van der Waals surface area contributed by atoms with Gasteiger partial charge in [0.25, 0.3) is 0 Å². The Bertz CT molecular complexity index is 1150. The highest BCUT2D eigenvalue weighted by Crippen LogP contribution is 2.26. The van der Waals surface area contributed by atoms with Gasteiger partial charge in [0.1, 0.15) is 0 Å². The number of amides is 1. The number of aromatic nitrogens is 2. The molecule has 1 fully saturated rings. The zero-order chi connectivity index (χ0) is 22.6. The highest BCUT2D eigenvalue weighted by atomic mass is 32.2. The maximum Gasteiger partial charge on any atom is 0.243 e. The second kappa shape index (κ2) is 9.62. The van der Waals surface area contributed by atoms with Gasteiger partial charge in [-0.05, 0) is 42.7 Å². The van der Waals surface area contributed by atoms with E-state index in [4.69, 9.17) is 4.52 Å². The van der Waals surface area contributed by atoms with E-state index in [-0.39, 0.29) is 16.7 Å². The Morgan fingerprint density at radius 1 is 1.09 bits per heavy atom. The minimum Gasteiger partial charge on any atom is -0.352 e. The molecule has 4 rings (SSSR count). The number of rotatable bonds is 7. The topological polar surface area (TPSA) is 105 Å². The number of hydrogen-bond acceptors (Lipinski definition) is 6. The van der Waals surface area contributed by atoms with Crippen LogP contribution in [0.3, 0.4) is 0 Å². The van der Waals surface area contributed by atoms with E-state index in [1.54, 1.807) is 24.3 Å². The third kappa shape index (κ3) is 4.89. The average molecular weight is 455 g/mol. The second-order valence-corrected chi connectivity index (χ2v) is 9.71. The SMILES string of the molecule is CCc1nc(-c2ccc(S(=O)(=O)N3CCC(C(=O)NCc4ccccc4)CC3)cc2)no1. The fourth-order valence-corrected chi connectivity index (χ4v) is 5.20. The summed E-state index contributed by atoms with van der Waals surface area (Å²) in [5, 5.41) is 6.87. The van der Waals surface area contributed by atoms with E-state index in [9.17, 15) is 13.2 Å². The molecular weight excluding hydrogens is 428 g/mol. The van der Waals surface area contributed by atoms with E-state index >= 15 is 0 Å². The fourth-order valence-electron chi connectivity index (χ4n) is 3.73. The molecule has 0 radical (unpaired) electrons. The second-order valence-electron chi connectivity index (χ2n) is 7.77. The third-order valence-electron chi connectivity index (χ3n) is 5.66. The summed E-state index contributed by atoms with van der Waals surface area (Å²) in [6.45, 7) is 3.03. The van der Waals surface area contributed by atoms with Gasteiger partial charge in [0.2, 0.25) is 27.6 Å². The van der Waals surface area contributed by atoms with Gasteiger partial charge in [0, 0.05) is 37.5 Å². The number of aryl methyl sites for hydroxylation is 1. The molecule has 0 aliphatic carbocycles. The van der Waals surface area contributed by atoms with Crippen molar-refractivity contribution < 1.29 is 17.7 Å². The fraction of sp³-hybridized carbons (Fsp3) is 0.348. The summed E-state index contributed by atoms with van der Waals surface area (Å²) < 4.78 is 32.7. The van der Waals surface area contributed by atoms with Gasteiger partial charge in [-0.15, -0.1) is 0 Å². The summed E-state index contributed by atoms with van der Waals surface area (Å²) in [6, 6.07) is 16.2. The van der Waals surface area contributed by atoms with Crippen LogP contribution in [0.5, 0.6) is 0 Å². The van der Waals surface area contributed by atoms with E-state index in [1.165, 1.54) is 4.31 Å². The smallest absolute Gasteiger partial charge is 0.243 e. The molecule has 168 valence electrons. The van der Waals surface area contributed by atoms with Gasteiger partial charge in [0.15, 0.2) is 0 Å². The molecule has 1 aliphatic heterocycles. The predicted octanol–water partition coefficient (Wildman–Crippen LogP) is 3.02. The van der Waals surface area contributed by atoms with Crippen LogP contribution in [0.4, 0.5) is 0 Å². The first-order valence-electron chi connectivity index (χ1n) is 10.7. The molecule has 9 heteroatoms.